The Bertz CT molecular complexity index is 433. The van der Waals surface area contributed by atoms with Gasteiger partial charge in [0.2, 0.25) is 0 Å². The van der Waals surface area contributed by atoms with Gasteiger partial charge in [0.15, 0.2) is 0 Å². The number of aliphatic hydroxyl groups is 1. The summed E-state index contributed by atoms with van der Waals surface area (Å²) in [5.74, 6) is 0. The summed E-state index contributed by atoms with van der Waals surface area (Å²) in [5.41, 5.74) is 2.25. The lowest BCUT2D eigenvalue weighted by Gasteiger charge is -2.35. The van der Waals surface area contributed by atoms with Gasteiger partial charge in [-0.1, -0.05) is 12.8 Å². The molecule has 1 N–H and O–H groups in total. The second kappa shape index (κ2) is 6.37. The molecule has 0 amide bonds. The third kappa shape index (κ3) is 3.20. The summed E-state index contributed by atoms with van der Waals surface area (Å²) in [6.45, 7) is 5.84. The van der Waals surface area contributed by atoms with Gasteiger partial charge < -0.3 is 5.11 Å². The topological polar surface area (TPSA) is 41.3 Å². The lowest BCUT2D eigenvalue weighted by Crippen LogP contribution is -2.43. The van der Waals surface area contributed by atoms with Gasteiger partial charge in [0.25, 0.3) is 0 Å². The first-order valence-corrected chi connectivity index (χ1v) is 7.94. The summed E-state index contributed by atoms with van der Waals surface area (Å²) in [6.07, 6.45) is 4.22. The van der Waals surface area contributed by atoms with E-state index in [0.717, 1.165) is 42.5 Å². The molecule has 0 spiro atoms. The average Bonchev–Trinajstić information content (AvgIpc) is 2.67. The SMILES string of the molecule is CCn1nc(C)c(Br)c1CN(C)C1CCCCC1O. The van der Waals surface area contributed by atoms with E-state index >= 15 is 0 Å². The maximum atomic E-state index is 10.1. The predicted molar refractivity (Wildman–Crippen MR) is 80.1 cm³/mol. The number of hydrogen-bond donors (Lipinski definition) is 1. The Balaban J connectivity index is 2.11. The van der Waals surface area contributed by atoms with Crippen molar-refractivity contribution < 1.29 is 5.11 Å². The molecular formula is C14H24BrN3O. The van der Waals surface area contributed by atoms with Crippen LogP contribution in [0, 0.1) is 6.92 Å². The molecule has 1 saturated carbocycles. The highest BCUT2D eigenvalue weighted by molar-refractivity contribution is 9.10. The van der Waals surface area contributed by atoms with Crippen LogP contribution in [0.4, 0.5) is 0 Å². The molecule has 1 fully saturated rings. The summed E-state index contributed by atoms with van der Waals surface area (Å²) in [7, 11) is 2.11. The minimum absolute atomic E-state index is 0.184. The second-order valence-corrected chi connectivity index (χ2v) is 6.29. The van der Waals surface area contributed by atoms with Gasteiger partial charge >= 0.3 is 0 Å². The van der Waals surface area contributed by atoms with Gasteiger partial charge in [-0.2, -0.15) is 5.10 Å². The Hall–Kier alpha value is -0.390. The van der Waals surface area contributed by atoms with E-state index in [1.165, 1.54) is 12.1 Å². The Morgan fingerprint density at radius 3 is 2.74 bits per heavy atom. The molecule has 2 atom stereocenters. The van der Waals surface area contributed by atoms with Gasteiger partial charge in [-0.3, -0.25) is 9.58 Å². The number of aryl methyl sites for hydroxylation is 2. The quantitative estimate of drug-likeness (QED) is 0.923. The van der Waals surface area contributed by atoms with E-state index in [2.05, 4.69) is 39.9 Å². The number of nitrogens with zero attached hydrogens (tertiary/aromatic N) is 3. The summed E-state index contributed by atoms with van der Waals surface area (Å²) >= 11 is 3.64. The lowest BCUT2D eigenvalue weighted by atomic mass is 9.91. The van der Waals surface area contributed by atoms with Gasteiger partial charge in [0.05, 0.1) is 22.0 Å². The molecule has 4 nitrogen and oxygen atoms in total. The van der Waals surface area contributed by atoms with Crippen LogP contribution in [0.1, 0.15) is 44.0 Å². The van der Waals surface area contributed by atoms with Crippen LogP contribution in [0.3, 0.4) is 0 Å². The molecule has 0 saturated heterocycles. The summed E-state index contributed by atoms with van der Waals surface area (Å²) < 4.78 is 3.15. The van der Waals surface area contributed by atoms with E-state index in [0.29, 0.717) is 0 Å². The molecule has 1 heterocycles. The number of hydrogen-bond acceptors (Lipinski definition) is 3. The van der Waals surface area contributed by atoms with E-state index in [-0.39, 0.29) is 12.1 Å². The van der Waals surface area contributed by atoms with Gasteiger partial charge in [-0.25, -0.2) is 0 Å². The lowest BCUT2D eigenvalue weighted by molar-refractivity contribution is 0.0277. The molecule has 2 rings (SSSR count). The molecular weight excluding hydrogens is 306 g/mol. The Kier molecular flexibility index (Phi) is 5.03. The maximum absolute atomic E-state index is 10.1. The zero-order valence-electron chi connectivity index (χ0n) is 12.1. The molecule has 1 aliphatic rings. The molecule has 0 bridgehead atoms. The van der Waals surface area contributed by atoms with Crippen molar-refractivity contribution in [2.45, 2.75) is 64.8 Å². The van der Waals surface area contributed by atoms with Crippen molar-refractivity contribution in [3.05, 3.63) is 15.9 Å². The Morgan fingerprint density at radius 2 is 2.11 bits per heavy atom. The van der Waals surface area contributed by atoms with Crippen LogP contribution >= 0.6 is 15.9 Å². The van der Waals surface area contributed by atoms with Gasteiger partial charge in [0, 0.05) is 19.1 Å². The fourth-order valence-electron chi connectivity index (χ4n) is 2.98. The van der Waals surface area contributed by atoms with E-state index in [4.69, 9.17) is 0 Å². The molecule has 1 aromatic rings. The molecule has 19 heavy (non-hydrogen) atoms. The zero-order chi connectivity index (χ0) is 14.0. The summed E-state index contributed by atoms with van der Waals surface area (Å²) in [5, 5.41) is 14.7. The highest BCUT2D eigenvalue weighted by Gasteiger charge is 2.27. The van der Waals surface area contributed by atoms with Crippen LogP contribution < -0.4 is 0 Å². The van der Waals surface area contributed by atoms with Crippen LogP contribution in [0.2, 0.25) is 0 Å². The summed E-state index contributed by atoms with van der Waals surface area (Å²) in [6, 6.07) is 0.279. The number of rotatable bonds is 4. The van der Waals surface area contributed by atoms with Gasteiger partial charge in [0.1, 0.15) is 0 Å². The van der Waals surface area contributed by atoms with Crippen LogP contribution in [0.5, 0.6) is 0 Å². The van der Waals surface area contributed by atoms with Gasteiger partial charge in [-0.15, -0.1) is 0 Å². The summed E-state index contributed by atoms with van der Waals surface area (Å²) in [4.78, 5) is 2.28. The second-order valence-electron chi connectivity index (χ2n) is 5.50. The van der Waals surface area contributed by atoms with Crippen LogP contribution in [-0.4, -0.2) is 39.0 Å². The number of likely N-dealkylation sites (N-methyl/N-ethyl adjacent to an activating group) is 1. The van der Waals surface area contributed by atoms with E-state index in [1.54, 1.807) is 0 Å². The van der Waals surface area contributed by atoms with Crippen molar-refractivity contribution in [1.82, 2.24) is 14.7 Å². The maximum Gasteiger partial charge on any atom is 0.0739 e. The smallest absolute Gasteiger partial charge is 0.0739 e. The molecule has 0 aromatic carbocycles. The molecule has 108 valence electrons. The number of halogens is 1. The van der Waals surface area contributed by atoms with Crippen molar-refractivity contribution in [3.63, 3.8) is 0 Å². The molecule has 1 aromatic heterocycles. The van der Waals surface area contributed by atoms with Crippen molar-refractivity contribution >= 4 is 15.9 Å². The monoisotopic (exact) mass is 329 g/mol. The van der Waals surface area contributed by atoms with Crippen molar-refractivity contribution in [2.24, 2.45) is 0 Å². The molecule has 0 radical (unpaired) electrons. The molecule has 0 aliphatic heterocycles. The fraction of sp³-hybridized carbons (Fsp3) is 0.786. The third-order valence-corrected chi connectivity index (χ3v) is 5.14. The first-order valence-electron chi connectivity index (χ1n) is 7.14. The standard InChI is InChI=1S/C14H24BrN3O/c1-4-18-12(14(15)10(2)16-18)9-17(3)11-7-5-6-8-13(11)19/h11,13,19H,4-9H2,1-3H3. The highest BCUT2D eigenvalue weighted by atomic mass is 79.9. The van der Waals surface area contributed by atoms with Gasteiger partial charge in [-0.05, 0) is 49.7 Å². The first-order chi connectivity index (χ1) is 9.04. The minimum Gasteiger partial charge on any atom is -0.391 e. The third-order valence-electron chi connectivity index (χ3n) is 4.11. The Morgan fingerprint density at radius 1 is 1.42 bits per heavy atom. The van der Waals surface area contributed by atoms with E-state index in [9.17, 15) is 5.11 Å². The number of aliphatic hydroxyl groups excluding tert-OH is 1. The predicted octanol–water partition coefficient (Wildman–Crippen LogP) is 2.71. The fourth-order valence-corrected chi connectivity index (χ4v) is 3.39. The molecule has 1 aliphatic carbocycles. The first kappa shape index (κ1) is 15.0. The van der Waals surface area contributed by atoms with Crippen LogP contribution in [-0.2, 0) is 13.1 Å². The highest BCUT2D eigenvalue weighted by Crippen LogP contribution is 2.27. The van der Waals surface area contributed by atoms with Crippen LogP contribution in [0.25, 0.3) is 0 Å². The molecule has 5 heteroatoms. The van der Waals surface area contributed by atoms with Crippen LogP contribution in [0.15, 0.2) is 4.47 Å². The van der Waals surface area contributed by atoms with Crippen molar-refractivity contribution in [1.29, 1.82) is 0 Å². The Labute approximate surface area is 123 Å². The minimum atomic E-state index is -0.184. The number of aromatic nitrogens is 2. The van der Waals surface area contributed by atoms with E-state index in [1.807, 2.05) is 11.6 Å². The van der Waals surface area contributed by atoms with Crippen molar-refractivity contribution in [2.75, 3.05) is 7.05 Å². The molecule has 2 unspecified atom stereocenters. The average molecular weight is 330 g/mol. The zero-order valence-corrected chi connectivity index (χ0v) is 13.7. The van der Waals surface area contributed by atoms with Crippen molar-refractivity contribution in [3.8, 4) is 0 Å². The largest absolute Gasteiger partial charge is 0.391 e. The normalized spacial score (nSPS) is 24.1. The van der Waals surface area contributed by atoms with E-state index < -0.39 is 0 Å².